The first-order chi connectivity index (χ1) is 8.58. The van der Waals surface area contributed by atoms with Gasteiger partial charge in [-0.25, -0.2) is 0 Å². The third-order valence-corrected chi connectivity index (χ3v) is 3.26. The van der Waals surface area contributed by atoms with E-state index in [9.17, 15) is 14.9 Å². The van der Waals surface area contributed by atoms with E-state index in [2.05, 4.69) is 5.32 Å². The van der Waals surface area contributed by atoms with E-state index < -0.39 is 10.8 Å². The van der Waals surface area contributed by atoms with E-state index in [1.54, 1.807) is 6.07 Å². The number of hydrogen-bond acceptors (Lipinski definition) is 4. The molecule has 1 aromatic rings. The number of hydrogen-bond donors (Lipinski definition) is 2. The predicted octanol–water partition coefficient (Wildman–Crippen LogP) is 1.10. The number of para-hydroxylation sites is 1. The molecule has 1 aliphatic rings. The van der Waals surface area contributed by atoms with Crippen molar-refractivity contribution >= 4 is 11.6 Å². The molecule has 18 heavy (non-hydrogen) atoms. The van der Waals surface area contributed by atoms with Gasteiger partial charge in [0.2, 0.25) is 0 Å². The van der Waals surface area contributed by atoms with E-state index in [0.717, 1.165) is 12.8 Å². The number of nitro benzene ring substituents is 1. The zero-order chi connectivity index (χ0) is 13.2. The van der Waals surface area contributed by atoms with Gasteiger partial charge in [-0.1, -0.05) is 12.1 Å². The van der Waals surface area contributed by atoms with Crippen LogP contribution >= 0.6 is 0 Å². The maximum Gasteiger partial charge on any atom is 0.282 e. The topological polar surface area (TPSA) is 92.5 Å². The normalized spacial score (nSPS) is 16.1. The number of aliphatic hydroxyl groups excluding tert-OH is 1. The van der Waals surface area contributed by atoms with Crippen molar-refractivity contribution in [2.75, 3.05) is 13.2 Å². The van der Waals surface area contributed by atoms with Crippen molar-refractivity contribution in [3.8, 4) is 0 Å². The fourth-order valence-electron chi connectivity index (χ4n) is 1.76. The summed E-state index contributed by atoms with van der Waals surface area (Å²) < 4.78 is 0. The Morgan fingerprint density at radius 3 is 2.67 bits per heavy atom. The molecule has 6 nitrogen and oxygen atoms in total. The fraction of sp³-hybridized carbons (Fsp3) is 0.417. The van der Waals surface area contributed by atoms with Crippen molar-refractivity contribution in [2.24, 2.45) is 5.41 Å². The average Bonchev–Trinajstić information content (AvgIpc) is 3.16. The summed E-state index contributed by atoms with van der Waals surface area (Å²) in [7, 11) is 0. The maximum atomic E-state index is 11.9. The highest BCUT2D eigenvalue weighted by molar-refractivity contribution is 5.98. The van der Waals surface area contributed by atoms with E-state index in [4.69, 9.17) is 5.11 Å². The summed E-state index contributed by atoms with van der Waals surface area (Å²) in [5.74, 6) is -0.470. The lowest BCUT2D eigenvalue weighted by atomic mass is 10.1. The molecule has 2 N–H and O–H groups in total. The number of nitrogens with one attached hydrogen (secondary N) is 1. The summed E-state index contributed by atoms with van der Waals surface area (Å²) in [5.41, 5.74) is -0.362. The molecular formula is C12H14N2O4. The zero-order valence-electron chi connectivity index (χ0n) is 9.76. The molecule has 1 aliphatic carbocycles. The standard InChI is InChI=1S/C12H14N2O4/c15-8-12(5-6-12)7-13-11(16)9-3-1-2-4-10(9)14(17)18/h1-4,15H,5-8H2,(H,13,16). The van der Waals surface area contributed by atoms with Gasteiger partial charge in [0.25, 0.3) is 11.6 Å². The number of rotatable bonds is 5. The lowest BCUT2D eigenvalue weighted by molar-refractivity contribution is -0.385. The quantitative estimate of drug-likeness (QED) is 0.604. The van der Waals surface area contributed by atoms with Crippen LogP contribution in [0.5, 0.6) is 0 Å². The van der Waals surface area contributed by atoms with Crippen LogP contribution in [-0.4, -0.2) is 29.1 Å². The molecule has 0 aliphatic heterocycles. The van der Waals surface area contributed by atoms with Gasteiger partial charge in [0.1, 0.15) is 5.56 Å². The lowest BCUT2D eigenvalue weighted by Crippen LogP contribution is -2.32. The van der Waals surface area contributed by atoms with E-state index in [1.165, 1.54) is 18.2 Å². The number of benzene rings is 1. The molecule has 0 spiro atoms. The van der Waals surface area contributed by atoms with Crippen molar-refractivity contribution < 1.29 is 14.8 Å². The van der Waals surface area contributed by atoms with E-state index >= 15 is 0 Å². The monoisotopic (exact) mass is 250 g/mol. The minimum atomic E-state index is -0.576. The molecule has 0 heterocycles. The summed E-state index contributed by atoms with van der Waals surface area (Å²) in [6, 6.07) is 5.83. The van der Waals surface area contributed by atoms with Crippen molar-refractivity contribution in [1.29, 1.82) is 0 Å². The molecule has 0 bridgehead atoms. The Hall–Kier alpha value is -1.95. The fourth-order valence-corrected chi connectivity index (χ4v) is 1.76. The van der Waals surface area contributed by atoms with Crippen LogP contribution < -0.4 is 5.32 Å². The molecule has 2 rings (SSSR count). The second kappa shape index (κ2) is 4.73. The van der Waals surface area contributed by atoms with Crippen LogP contribution in [0.2, 0.25) is 0 Å². The molecule has 6 heteroatoms. The Morgan fingerprint density at radius 1 is 1.44 bits per heavy atom. The van der Waals surface area contributed by atoms with Crippen molar-refractivity contribution in [3.05, 3.63) is 39.9 Å². The Morgan fingerprint density at radius 2 is 2.11 bits per heavy atom. The number of aliphatic hydroxyl groups is 1. The Kier molecular flexibility index (Phi) is 3.29. The molecule has 1 amide bonds. The summed E-state index contributed by atoms with van der Waals surface area (Å²) in [6.07, 6.45) is 1.75. The minimum absolute atomic E-state index is 0.0319. The van der Waals surface area contributed by atoms with Crippen molar-refractivity contribution in [2.45, 2.75) is 12.8 Å². The number of carbonyl (C=O) groups excluding carboxylic acids is 1. The second-order valence-corrected chi connectivity index (χ2v) is 4.62. The average molecular weight is 250 g/mol. The van der Waals surface area contributed by atoms with Gasteiger partial charge in [0, 0.05) is 18.0 Å². The summed E-state index contributed by atoms with van der Waals surface area (Å²) in [6.45, 7) is 0.387. The SMILES string of the molecule is O=C(NCC1(CO)CC1)c1ccccc1[N+](=O)[O-]. The molecule has 1 aromatic carbocycles. The highest BCUT2D eigenvalue weighted by Gasteiger charge is 2.42. The van der Waals surface area contributed by atoms with Crippen LogP contribution in [0.25, 0.3) is 0 Å². The molecule has 0 saturated heterocycles. The van der Waals surface area contributed by atoms with Crippen LogP contribution in [0.15, 0.2) is 24.3 Å². The number of carbonyl (C=O) groups is 1. The van der Waals surface area contributed by atoms with Gasteiger partial charge in [-0.05, 0) is 18.9 Å². The van der Waals surface area contributed by atoms with E-state index in [1.807, 2.05) is 0 Å². The molecule has 1 fully saturated rings. The smallest absolute Gasteiger partial charge is 0.282 e. The maximum absolute atomic E-state index is 11.9. The van der Waals surface area contributed by atoms with E-state index in [0.29, 0.717) is 6.54 Å². The summed E-state index contributed by atoms with van der Waals surface area (Å²) >= 11 is 0. The number of nitro groups is 1. The van der Waals surface area contributed by atoms with Gasteiger partial charge >= 0.3 is 0 Å². The third-order valence-electron chi connectivity index (χ3n) is 3.26. The summed E-state index contributed by atoms with van der Waals surface area (Å²) in [4.78, 5) is 22.1. The Labute approximate surface area is 104 Å². The minimum Gasteiger partial charge on any atom is -0.396 e. The molecule has 0 radical (unpaired) electrons. The van der Waals surface area contributed by atoms with Gasteiger partial charge in [0.15, 0.2) is 0 Å². The van der Waals surface area contributed by atoms with Gasteiger partial charge in [-0.3, -0.25) is 14.9 Å². The first kappa shape index (κ1) is 12.5. The van der Waals surface area contributed by atoms with Crippen LogP contribution in [0.4, 0.5) is 5.69 Å². The highest BCUT2D eigenvalue weighted by Crippen LogP contribution is 2.44. The lowest BCUT2D eigenvalue weighted by Gasteiger charge is -2.12. The van der Waals surface area contributed by atoms with Gasteiger partial charge < -0.3 is 10.4 Å². The van der Waals surface area contributed by atoms with Gasteiger partial charge in [0.05, 0.1) is 11.5 Å². The van der Waals surface area contributed by atoms with Crippen molar-refractivity contribution in [1.82, 2.24) is 5.32 Å². The molecule has 96 valence electrons. The van der Waals surface area contributed by atoms with Crippen LogP contribution in [0.3, 0.4) is 0 Å². The van der Waals surface area contributed by atoms with E-state index in [-0.39, 0.29) is 23.3 Å². The van der Waals surface area contributed by atoms with Gasteiger partial charge in [-0.15, -0.1) is 0 Å². The number of nitrogens with zero attached hydrogens (tertiary/aromatic N) is 1. The first-order valence-electron chi connectivity index (χ1n) is 5.70. The Balaban J connectivity index is 2.07. The van der Waals surface area contributed by atoms with Crippen LogP contribution in [-0.2, 0) is 0 Å². The second-order valence-electron chi connectivity index (χ2n) is 4.62. The number of amides is 1. The largest absolute Gasteiger partial charge is 0.396 e. The molecule has 0 unspecified atom stereocenters. The van der Waals surface area contributed by atoms with Gasteiger partial charge in [-0.2, -0.15) is 0 Å². The molecule has 0 aromatic heterocycles. The zero-order valence-corrected chi connectivity index (χ0v) is 9.76. The van der Waals surface area contributed by atoms with Crippen LogP contribution in [0, 0.1) is 15.5 Å². The molecule has 1 saturated carbocycles. The molecule has 0 atom stereocenters. The highest BCUT2D eigenvalue weighted by atomic mass is 16.6. The third kappa shape index (κ3) is 2.48. The first-order valence-corrected chi connectivity index (χ1v) is 5.70. The van der Waals surface area contributed by atoms with Crippen LogP contribution in [0.1, 0.15) is 23.2 Å². The summed E-state index contributed by atoms with van der Waals surface area (Å²) in [5, 5.41) is 22.5. The predicted molar refractivity (Wildman–Crippen MR) is 64.2 cm³/mol. The van der Waals surface area contributed by atoms with Crippen molar-refractivity contribution in [3.63, 3.8) is 0 Å². The molecular weight excluding hydrogens is 236 g/mol. The Bertz CT molecular complexity index is 483.